The van der Waals surface area contributed by atoms with E-state index in [1.807, 2.05) is 0 Å². The molecule has 0 bridgehead atoms. The number of carbonyl (C=O) groups excluding carboxylic acids is 2. The van der Waals surface area contributed by atoms with Gasteiger partial charge in [-0.1, -0.05) is 102 Å². The molecule has 1 rings (SSSR count). The van der Waals surface area contributed by atoms with Gasteiger partial charge in [-0.15, -0.1) is 11.6 Å². The van der Waals surface area contributed by atoms with Crippen LogP contribution in [0, 0.1) is 0 Å². The fourth-order valence-corrected chi connectivity index (χ4v) is 7.08. The zero-order valence-corrected chi connectivity index (χ0v) is 36.5. The minimum atomic E-state index is -1.34. The van der Waals surface area contributed by atoms with Gasteiger partial charge >= 0.3 is 0 Å². The van der Waals surface area contributed by atoms with E-state index in [4.69, 9.17) is 31.9 Å². The summed E-state index contributed by atoms with van der Waals surface area (Å²) >= 11 is 6.40. The lowest BCUT2D eigenvalue weighted by Crippen LogP contribution is -2.40. The number of nitrogens with two attached hydrogens (primary N) is 1. The van der Waals surface area contributed by atoms with E-state index in [1.165, 1.54) is 58.3 Å². The Bertz CT molecular complexity index is 1170. The molecule has 14 nitrogen and oxygen atoms in total. The summed E-state index contributed by atoms with van der Waals surface area (Å²) in [6.45, 7) is 2.11. The van der Waals surface area contributed by atoms with Gasteiger partial charge in [0.15, 0.2) is 0 Å². The summed E-state index contributed by atoms with van der Waals surface area (Å²) in [5.41, 5.74) is 6.12. The van der Waals surface area contributed by atoms with E-state index in [-0.39, 0.29) is 63.7 Å². The van der Waals surface area contributed by atoms with Crippen molar-refractivity contribution in [2.24, 2.45) is 5.73 Å². The first-order valence-electron chi connectivity index (χ1n) is 22.2. The Hall–Kier alpha value is -2.11. The van der Waals surface area contributed by atoms with Crippen LogP contribution in [0.25, 0.3) is 0 Å². The van der Waals surface area contributed by atoms with Crippen molar-refractivity contribution in [1.29, 1.82) is 0 Å². The third kappa shape index (κ3) is 28.9. The van der Waals surface area contributed by atoms with Gasteiger partial charge in [-0.05, 0) is 62.6 Å². The molecular weight excluding hydrogens is 782 g/mol. The molecule has 59 heavy (non-hydrogen) atoms. The molecule has 0 fully saturated rings. The second-order valence-corrected chi connectivity index (χ2v) is 16.6. The Morgan fingerprint density at radius 3 is 1.78 bits per heavy atom. The summed E-state index contributed by atoms with van der Waals surface area (Å²) in [5.74, 6) is -0.464. The number of alkyl halides is 1. The van der Waals surface area contributed by atoms with E-state index in [2.05, 4.69) is 10.6 Å². The predicted octanol–water partition coefficient (Wildman–Crippen LogP) is 4.29. The van der Waals surface area contributed by atoms with Crippen LogP contribution >= 0.6 is 11.6 Å². The van der Waals surface area contributed by atoms with Gasteiger partial charge in [0.05, 0.1) is 61.7 Å². The van der Waals surface area contributed by atoms with Gasteiger partial charge in [-0.25, -0.2) is 0 Å². The SMILES string of the molecule is CC(=O)N[C@@H](CO)COc1ccc([C@@H](O)CNC(=O)[C@@H](O)CCC[C@H](O)[C@@H](O)[C@H](Cl)CCCCCCC[C@H](O)CCCCCCCCCCCCOC[C@@H](N)CO)cc1. The van der Waals surface area contributed by atoms with Crippen LogP contribution in [0.3, 0.4) is 0 Å². The number of hydrogen-bond acceptors (Lipinski definition) is 12. The summed E-state index contributed by atoms with van der Waals surface area (Å²) in [6.07, 6.45) is 14.8. The van der Waals surface area contributed by atoms with Gasteiger partial charge < -0.3 is 61.6 Å². The molecule has 0 aliphatic rings. The topological polar surface area (TPSA) is 244 Å². The standard InChI is InChI=1S/C44H80ClN3O11/c1-33(51)48-36(30-50)32-59-38-25-23-34(24-26-38)42(55)28-47-44(57)41(54)22-17-21-40(53)43(56)39(45)20-15-11-8-10-14-19-37(52)18-13-9-6-4-2-3-5-7-12-16-27-58-31-35(46)29-49/h23-26,35-37,39-43,49-50,52-56H,2-22,27-32,46H2,1H3,(H,47,57)(H,48,51)/t35-,36-,37+,39+,40-,41-,42-,43-/m0/s1. The van der Waals surface area contributed by atoms with Crippen LogP contribution < -0.4 is 21.1 Å². The maximum Gasteiger partial charge on any atom is 0.248 e. The van der Waals surface area contributed by atoms with Gasteiger partial charge in [0, 0.05) is 20.1 Å². The van der Waals surface area contributed by atoms with E-state index >= 15 is 0 Å². The molecule has 1 aromatic rings. The van der Waals surface area contributed by atoms with Crippen molar-refractivity contribution in [3.8, 4) is 5.75 Å². The average Bonchev–Trinajstić information content (AvgIpc) is 3.23. The Balaban J connectivity index is 2.04. The van der Waals surface area contributed by atoms with E-state index in [0.29, 0.717) is 30.9 Å². The minimum Gasteiger partial charge on any atom is -0.491 e. The van der Waals surface area contributed by atoms with Crippen LogP contribution in [0.1, 0.15) is 153 Å². The monoisotopic (exact) mass is 862 g/mol. The molecular formula is C44H80ClN3O11. The number of nitrogens with one attached hydrogen (secondary N) is 2. The number of benzene rings is 1. The molecule has 0 heterocycles. The predicted molar refractivity (Wildman–Crippen MR) is 231 cm³/mol. The molecule has 0 unspecified atom stereocenters. The highest BCUT2D eigenvalue weighted by Gasteiger charge is 2.25. The Morgan fingerprint density at radius 1 is 0.695 bits per heavy atom. The van der Waals surface area contributed by atoms with Gasteiger partial charge in [0.2, 0.25) is 11.8 Å². The molecule has 2 amide bonds. The fraction of sp³-hybridized carbons (Fsp3) is 0.818. The van der Waals surface area contributed by atoms with Crippen LogP contribution in [0.5, 0.6) is 5.75 Å². The van der Waals surface area contributed by atoms with E-state index in [9.17, 15) is 40.2 Å². The second-order valence-electron chi connectivity index (χ2n) is 16.1. The number of aliphatic hydroxyl groups excluding tert-OH is 7. The Kier molecular flexibility index (Phi) is 33.0. The average molecular weight is 863 g/mol. The summed E-state index contributed by atoms with van der Waals surface area (Å²) in [4.78, 5) is 23.6. The van der Waals surface area contributed by atoms with Crippen LogP contribution in [0.15, 0.2) is 24.3 Å². The normalized spacial score (nSPS) is 15.8. The maximum absolute atomic E-state index is 12.4. The van der Waals surface area contributed by atoms with Crippen LogP contribution in [0.4, 0.5) is 0 Å². The molecule has 11 N–H and O–H groups in total. The largest absolute Gasteiger partial charge is 0.491 e. The number of carbonyl (C=O) groups is 2. The highest BCUT2D eigenvalue weighted by atomic mass is 35.5. The molecule has 0 aliphatic heterocycles. The highest BCUT2D eigenvalue weighted by Crippen LogP contribution is 2.21. The van der Waals surface area contributed by atoms with Crippen LogP contribution in [-0.4, -0.2) is 129 Å². The van der Waals surface area contributed by atoms with Gasteiger partial charge in [0.25, 0.3) is 0 Å². The van der Waals surface area contributed by atoms with E-state index < -0.39 is 41.7 Å². The number of amides is 2. The van der Waals surface area contributed by atoms with Crippen LogP contribution in [-0.2, 0) is 14.3 Å². The molecule has 1 aromatic carbocycles. The van der Waals surface area contributed by atoms with Crippen molar-refractivity contribution in [3.63, 3.8) is 0 Å². The molecule has 0 aliphatic carbocycles. The van der Waals surface area contributed by atoms with Crippen molar-refractivity contribution in [2.45, 2.75) is 190 Å². The number of hydrogen-bond donors (Lipinski definition) is 10. The highest BCUT2D eigenvalue weighted by molar-refractivity contribution is 6.21. The lowest BCUT2D eigenvalue weighted by molar-refractivity contribution is -0.130. The lowest BCUT2D eigenvalue weighted by atomic mass is 9.98. The molecule has 0 radical (unpaired) electrons. The molecule has 0 aromatic heterocycles. The van der Waals surface area contributed by atoms with Gasteiger partial charge in [-0.2, -0.15) is 0 Å². The first-order chi connectivity index (χ1) is 28.4. The van der Waals surface area contributed by atoms with E-state index in [1.54, 1.807) is 24.3 Å². The first-order valence-corrected chi connectivity index (χ1v) is 22.7. The zero-order chi connectivity index (χ0) is 43.7. The van der Waals surface area contributed by atoms with Crippen molar-refractivity contribution in [3.05, 3.63) is 29.8 Å². The number of aliphatic hydroxyl groups is 7. The first kappa shape index (κ1) is 54.9. The van der Waals surface area contributed by atoms with Crippen molar-refractivity contribution >= 4 is 23.4 Å². The molecule has 15 heteroatoms. The third-order valence-electron chi connectivity index (χ3n) is 10.5. The fourth-order valence-electron chi connectivity index (χ4n) is 6.76. The van der Waals surface area contributed by atoms with Crippen molar-refractivity contribution in [1.82, 2.24) is 10.6 Å². The Labute approximate surface area is 358 Å². The smallest absolute Gasteiger partial charge is 0.248 e. The van der Waals surface area contributed by atoms with Crippen molar-refractivity contribution in [2.75, 3.05) is 39.6 Å². The summed E-state index contributed by atoms with van der Waals surface area (Å²) in [6, 6.07) is 5.65. The number of halogens is 1. The summed E-state index contributed by atoms with van der Waals surface area (Å²) in [5, 5.41) is 74.8. The van der Waals surface area contributed by atoms with Gasteiger partial charge in [0.1, 0.15) is 18.5 Å². The minimum absolute atomic E-state index is 0.0369. The molecule has 8 atom stereocenters. The zero-order valence-electron chi connectivity index (χ0n) is 35.7. The molecule has 344 valence electrons. The van der Waals surface area contributed by atoms with E-state index in [0.717, 1.165) is 57.8 Å². The quantitative estimate of drug-likeness (QED) is 0.0329. The number of ether oxygens (including phenoxy) is 2. The number of rotatable bonds is 39. The van der Waals surface area contributed by atoms with Crippen molar-refractivity contribution < 1.29 is 54.8 Å². The van der Waals surface area contributed by atoms with Gasteiger partial charge in [-0.3, -0.25) is 9.59 Å². The second kappa shape index (κ2) is 35.5. The molecule has 0 spiro atoms. The van der Waals surface area contributed by atoms with Crippen LogP contribution in [0.2, 0.25) is 0 Å². The maximum atomic E-state index is 12.4. The summed E-state index contributed by atoms with van der Waals surface area (Å²) < 4.78 is 11.0. The number of unbranched alkanes of at least 4 members (excludes halogenated alkanes) is 13. The summed E-state index contributed by atoms with van der Waals surface area (Å²) in [7, 11) is 0. The molecule has 0 saturated heterocycles. The Morgan fingerprint density at radius 2 is 1.24 bits per heavy atom. The lowest BCUT2D eigenvalue weighted by Gasteiger charge is -2.23. The third-order valence-corrected chi connectivity index (χ3v) is 11.0. The molecule has 0 saturated carbocycles.